The zero-order chi connectivity index (χ0) is 19.7. The molecule has 4 rings (SSSR count). The van der Waals surface area contributed by atoms with Gasteiger partial charge >= 0.3 is 0 Å². The van der Waals surface area contributed by atoms with Crippen molar-refractivity contribution in [2.75, 3.05) is 18.2 Å². The molecular weight excluding hydrogens is 394 g/mol. The van der Waals surface area contributed by atoms with Gasteiger partial charge in [0.2, 0.25) is 5.91 Å². The van der Waals surface area contributed by atoms with Crippen LogP contribution in [0.1, 0.15) is 23.3 Å². The molecule has 0 spiro atoms. The Morgan fingerprint density at radius 1 is 1.29 bits per heavy atom. The molecule has 0 fully saturated rings. The first-order chi connectivity index (χ1) is 13.6. The molecule has 0 radical (unpaired) electrons. The molecule has 2 aromatic heterocycles. The van der Waals surface area contributed by atoms with E-state index in [1.165, 1.54) is 28.6 Å². The lowest BCUT2D eigenvalue weighted by molar-refractivity contribution is -0.113. The molecule has 0 aliphatic heterocycles. The molecule has 1 aromatic carbocycles. The minimum Gasteiger partial charge on any atom is -0.497 e. The maximum Gasteiger partial charge on any atom is 0.262 e. The van der Waals surface area contributed by atoms with Gasteiger partial charge in [-0.2, -0.15) is 0 Å². The lowest BCUT2D eigenvalue weighted by atomic mass is 9.97. The summed E-state index contributed by atoms with van der Waals surface area (Å²) in [6.45, 7) is 0. The molecule has 0 bridgehead atoms. The number of thiophene rings is 1. The highest BCUT2D eigenvalue weighted by Crippen LogP contribution is 2.34. The van der Waals surface area contributed by atoms with E-state index < -0.39 is 0 Å². The molecule has 1 N–H and O–H groups in total. The number of nitrogens with one attached hydrogen (secondary N) is 1. The van der Waals surface area contributed by atoms with Crippen molar-refractivity contribution in [2.24, 2.45) is 7.05 Å². The van der Waals surface area contributed by atoms with E-state index in [0.717, 1.165) is 35.2 Å². The molecule has 28 heavy (non-hydrogen) atoms. The van der Waals surface area contributed by atoms with Crippen LogP contribution >= 0.6 is 23.1 Å². The van der Waals surface area contributed by atoms with Crippen LogP contribution in [0, 0.1) is 0 Å². The number of carbonyl (C=O) groups excluding carboxylic acids is 1. The number of fused-ring (bicyclic) bond motifs is 3. The van der Waals surface area contributed by atoms with Crippen LogP contribution in [-0.4, -0.2) is 28.3 Å². The van der Waals surface area contributed by atoms with Crippen molar-refractivity contribution in [3.8, 4) is 5.75 Å². The highest BCUT2D eigenvalue weighted by atomic mass is 32.2. The van der Waals surface area contributed by atoms with Gasteiger partial charge in [0, 0.05) is 17.6 Å². The Morgan fingerprint density at radius 3 is 2.79 bits per heavy atom. The van der Waals surface area contributed by atoms with Crippen LogP contribution in [-0.2, 0) is 24.7 Å². The maximum absolute atomic E-state index is 12.9. The van der Waals surface area contributed by atoms with Crippen molar-refractivity contribution in [1.82, 2.24) is 9.55 Å². The summed E-state index contributed by atoms with van der Waals surface area (Å²) < 4.78 is 6.68. The van der Waals surface area contributed by atoms with E-state index in [-0.39, 0.29) is 17.2 Å². The summed E-state index contributed by atoms with van der Waals surface area (Å²) in [7, 11) is 3.33. The summed E-state index contributed by atoms with van der Waals surface area (Å²) in [5, 5.41) is 4.19. The smallest absolute Gasteiger partial charge is 0.262 e. The van der Waals surface area contributed by atoms with Crippen molar-refractivity contribution < 1.29 is 9.53 Å². The zero-order valence-electron chi connectivity index (χ0n) is 15.8. The normalized spacial score (nSPS) is 13.4. The first-order valence-electron chi connectivity index (χ1n) is 9.15. The van der Waals surface area contributed by atoms with Gasteiger partial charge in [0.15, 0.2) is 5.16 Å². The summed E-state index contributed by atoms with van der Waals surface area (Å²) in [6, 6.07) is 7.16. The van der Waals surface area contributed by atoms with Gasteiger partial charge in [-0.3, -0.25) is 14.2 Å². The van der Waals surface area contributed by atoms with Crippen LogP contribution in [0.25, 0.3) is 10.2 Å². The quantitative estimate of drug-likeness (QED) is 0.509. The Bertz CT molecular complexity index is 1090. The molecule has 1 aliphatic carbocycles. The highest BCUT2D eigenvalue weighted by molar-refractivity contribution is 7.99. The van der Waals surface area contributed by atoms with Crippen LogP contribution in [0.3, 0.4) is 0 Å². The lowest BCUT2D eigenvalue weighted by Gasteiger charge is -2.11. The average molecular weight is 416 g/mol. The fraction of sp³-hybridized carbons (Fsp3) is 0.350. The minimum atomic E-state index is -0.144. The molecular formula is C20H21N3O3S2. The second-order valence-electron chi connectivity index (χ2n) is 6.71. The Morgan fingerprint density at radius 2 is 2.04 bits per heavy atom. The lowest BCUT2D eigenvalue weighted by Crippen LogP contribution is -2.21. The number of aromatic nitrogens is 2. The van der Waals surface area contributed by atoms with Gasteiger partial charge in [-0.15, -0.1) is 11.3 Å². The maximum atomic E-state index is 12.9. The fourth-order valence-electron chi connectivity index (χ4n) is 3.40. The number of amides is 1. The number of methoxy groups -OCH3 is 1. The number of aryl methyl sites for hydroxylation is 2. The minimum absolute atomic E-state index is 0.0116. The van der Waals surface area contributed by atoms with Crippen LogP contribution in [0.2, 0.25) is 0 Å². The topological polar surface area (TPSA) is 73.2 Å². The first-order valence-corrected chi connectivity index (χ1v) is 10.9. The average Bonchev–Trinajstić information content (AvgIpc) is 3.08. The number of rotatable bonds is 5. The van der Waals surface area contributed by atoms with Crippen molar-refractivity contribution in [1.29, 1.82) is 0 Å². The number of carbonyl (C=O) groups is 1. The highest BCUT2D eigenvalue weighted by Gasteiger charge is 2.21. The first kappa shape index (κ1) is 19.0. The summed E-state index contributed by atoms with van der Waals surface area (Å²) >= 11 is 2.91. The Balaban J connectivity index is 1.50. The molecule has 8 heteroatoms. The van der Waals surface area contributed by atoms with Crippen molar-refractivity contribution in [3.63, 3.8) is 0 Å². The monoisotopic (exact) mass is 415 g/mol. The predicted molar refractivity (Wildman–Crippen MR) is 114 cm³/mol. The second-order valence-corrected chi connectivity index (χ2v) is 8.74. The third kappa shape index (κ3) is 3.66. The number of anilines is 1. The van der Waals surface area contributed by atoms with E-state index in [4.69, 9.17) is 9.72 Å². The summed E-state index contributed by atoms with van der Waals surface area (Å²) in [5.74, 6) is 0.775. The molecule has 0 saturated heterocycles. The number of hydrogen-bond acceptors (Lipinski definition) is 6. The van der Waals surface area contributed by atoms with Gasteiger partial charge < -0.3 is 10.1 Å². The molecule has 146 valence electrons. The van der Waals surface area contributed by atoms with Gasteiger partial charge in [0.05, 0.1) is 18.2 Å². The van der Waals surface area contributed by atoms with E-state index in [1.54, 1.807) is 54.3 Å². The SMILES string of the molecule is COc1ccc(NC(=O)CSc2nc3sc4c(c3c(=O)n2C)CCCC4)cc1. The van der Waals surface area contributed by atoms with Gasteiger partial charge in [0.1, 0.15) is 10.6 Å². The number of ether oxygens (including phenoxy) is 1. The Hall–Kier alpha value is -2.32. The van der Waals surface area contributed by atoms with E-state index >= 15 is 0 Å². The van der Waals surface area contributed by atoms with E-state index in [2.05, 4.69) is 5.32 Å². The van der Waals surface area contributed by atoms with Gasteiger partial charge in [0.25, 0.3) is 5.56 Å². The summed E-state index contributed by atoms with van der Waals surface area (Å²) in [6.07, 6.45) is 4.30. The van der Waals surface area contributed by atoms with Crippen LogP contribution in [0.5, 0.6) is 5.75 Å². The van der Waals surface area contributed by atoms with Crippen LogP contribution < -0.4 is 15.6 Å². The molecule has 1 amide bonds. The van der Waals surface area contributed by atoms with Gasteiger partial charge in [-0.1, -0.05) is 11.8 Å². The second kappa shape index (κ2) is 7.97. The summed E-state index contributed by atoms with van der Waals surface area (Å²) in [4.78, 5) is 32.0. The van der Waals surface area contributed by atoms with E-state index in [9.17, 15) is 9.59 Å². The zero-order valence-corrected chi connectivity index (χ0v) is 17.4. The molecule has 3 aromatic rings. The standard InChI is InChI=1S/C20H21N3O3S2/c1-23-19(25)17-14-5-3-4-6-15(14)28-18(17)22-20(23)27-11-16(24)21-12-7-9-13(26-2)10-8-12/h7-10H,3-6,11H2,1-2H3,(H,21,24). The number of thioether (sulfide) groups is 1. The van der Waals surface area contributed by atoms with Gasteiger partial charge in [-0.05, 0) is 55.5 Å². The predicted octanol–water partition coefficient (Wildman–Crippen LogP) is 3.61. The Labute approximate surface area is 170 Å². The van der Waals surface area contributed by atoms with E-state index in [1.807, 2.05) is 0 Å². The molecule has 6 nitrogen and oxygen atoms in total. The number of nitrogens with zero attached hydrogens (tertiary/aromatic N) is 2. The molecule has 0 saturated carbocycles. The Kier molecular flexibility index (Phi) is 5.41. The van der Waals surface area contributed by atoms with Crippen molar-refractivity contribution in [3.05, 3.63) is 45.1 Å². The van der Waals surface area contributed by atoms with Crippen LogP contribution in [0.15, 0.2) is 34.2 Å². The molecule has 0 unspecified atom stereocenters. The molecule has 0 atom stereocenters. The number of hydrogen-bond donors (Lipinski definition) is 1. The fourth-order valence-corrected chi connectivity index (χ4v) is 5.47. The van der Waals surface area contributed by atoms with Crippen molar-refractivity contribution in [2.45, 2.75) is 30.8 Å². The summed E-state index contributed by atoms with van der Waals surface area (Å²) in [5.41, 5.74) is 1.88. The van der Waals surface area contributed by atoms with Gasteiger partial charge in [-0.25, -0.2) is 4.98 Å². The van der Waals surface area contributed by atoms with E-state index in [0.29, 0.717) is 10.8 Å². The third-order valence-electron chi connectivity index (χ3n) is 4.86. The number of benzene rings is 1. The van der Waals surface area contributed by atoms with Crippen molar-refractivity contribution >= 4 is 44.9 Å². The molecule has 1 aliphatic rings. The largest absolute Gasteiger partial charge is 0.497 e. The van der Waals surface area contributed by atoms with Crippen LogP contribution in [0.4, 0.5) is 5.69 Å². The third-order valence-corrected chi connectivity index (χ3v) is 7.08. The molecule has 2 heterocycles.